The number of aliphatic carboxylic acids is 7. The molecule has 456 valence electrons. The Labute approximate surface area is 497 Å². The van der Waals surface area contributed by atoms with Crippen LogP contribution in [0.3, 0.4) is 0 Å². The Morgan fingerprint density at radius 1 is 0.556 bits per heavy atom. The quantitative estimate of drug-likeness (QED) is 0.0411. The molecule has 0 aliphatic carbocycles. The molecule has 2 aromatic rings. The zero-order valence-electron chi connectivity index (χ0n) is 45.1. The first kappa shape index (κ1) is 69.0. The third-order valence-corrected chi connectivity index (χ3v) is 13.1. The van der Waals surface area contributed by atoms with Gasteiger partial charge in [-0.1, -0.05) is 31.4 Å². The number of nitrogens with zero attached hydrogens (tertiary/aromatic N) is 8. The second-order valence-corrected chi connectivity index (χ2v) is 19.5. The Balaban J connectivity index is 0.0000172. The molecule has 1 aromatic carbocycles. The Hall–Kier alpha value is -6.31. The Kier molecular flexibility index (Phi) is 32.1. The van der Waals surface area contributed by atoms with Crippen molar-refractivity contribution >= 4 is 77.3 Å². The number of morpholine rings is 1. The standard InChI is InChI=1S/C50H77N13O17.Lu/c64-39(51-16-7-5-8-37(45(75)76)54-50(79)55-38(46(77)78)14-15-40(65)66)9-4-2-1-3-6-17-52-47-56-48(58-49(57-47)62-24-26-80-27-25-62)53-35-12-10-34(11-13-35)28-36-29-61(32-43(71)72)21-20-59(30-41(67)68)18-19-60(31-42(69)70)22-23-63(36)33-44(73)74;/h10-13,36-38H,1-9,14-33H2,(H,51,64)(H,65,66)(H,67,68)(H,69,70)(H,71,72)(H,73,74)(H,75,76)(H,77,78)(H2,54,55,79)(H2,52,53,56,57,58);/q;+3/t36?,37-,38-;/m0./s1. The fourth-order valence-electron chi connectivity index (χ4n) is 8.96. The maximum Gasteiger partial charge on any atom is 3.00 e. The van der Waals surface area contributed by atoms with Crippen LogP contribution in [0.2, 0.25) is 0 Å². The number of aromatic nitrogens is 3. The normalized spacial score (nSPS) is 16.7. The molecule has 0 bridgehead atoms. The smallest absolute Gasteiger partial charge is 0.481 e. The molecule has 81 heavy (non-hydrogen) atoms. The van der Waals surface area contributed by atoms with Crippen molar-refractivity contribution in [3.8, 4) is 0 Å². The molecular weight excluding hydrogens is 1230 g/mol. The minimum absolute atomic E-state index is 0. The van der Waals surface area contributed by atoms with E-state index in [4.69, 9.17) is 14.8 Å². The third-order valence-electron chi connectivity index (χ3n) is 13.1. The second kappa shape index (κ2) is 37.7. The maximum atomic E-state index is 12.4. The molecule has 0 radical (unpaired) electrons. The summed E-state index contributed by atoms with van der Waals surface area (Å²) in [7, 11) is 0. The van der Waals surface area contributed by atoms with Crippen LogP contribution in [0.1, 0.15) is 76.2 Å². The van der Waals surface area contributed by atoms with Crippen molar-refractivity contribution in [3.05, 3.63) is 29.8 Å². The molecule has 2 saturated heterocycles. The molecule has 1 unspecified atom stereocenters. The molecule has 31 heteroatoms. The number of nitrogens with one attached hydrogen (secondary N) is 5. The van der Waals surface area contributed by atoms with Gasteiger partial charge in [-0.3, -0.25) is 48.4 Å². The summed E-state index contributed by atoms with van der Waals surface area (Å²) in [6.07, 6.45) is 4.51. The van der Waals surface area contributed by atoms with Crippen molar-refractivity contribution < 1.29 is 121 Å². The summed E-state index contributed by atoms with van der Waals surface area (Å²) in [4.78, 5) is 129. The van der Waals surface area contributed by atoms with Crippen molar-refractivity contribution in [3.63, 3.8) is 0 Å². The van der Waals surface area contributed by atoms with Crippen LogP contribution in [-0.4, -0.2) is 254 Å². The van der Waals surface area contributed by atoms with Crippen LogP contribution in [0.4, 0.5) is 28.3 Å². The van der Waals surface area contributed by atoms with Crippen molar-refractivity contribution in [2.24, 2.45) is 0 Å². The minimum atomic E-state index is -1.51. The van der Waals surface area contributed by atoms with E-state index in [0.717, 1.165) is 31.2 Å². The SMILES string of the molecule is O=C(O)CC[C@H](NC(=O)N[C@@H](CCCCNC(=O)CCCCCCCNc1nc(Nc2ccc(CC3CN(CC(=O)O)CCN(CC(=O)O)CCN(CC(=O)O)CCN3CC(=O)O)cc2)nc(N2CCOCC2)n1)C(=O)O)C(=O)O.[Lu+3]. The van der Waals surface area contributed by atoms with Crippen LogP contribution >= 0.6 is 0 Å². The molecule has 30 nitrogen and oxygen atoms in total. The summed E-state index contributed by atoms with van der Waals surface area (Å²) < 4.78 is 5.54. The first-order valence-electron chi connectivity index (χ1n) is 26.7. The van der Waals surface area contributed by atoms with E-state index in [-0.39, 0.29) is 134 Å². The number of hydrogen-bond acceptors (Lipinski definition) is 20. The van der Waals surface area contributed by atoms with Crippen molar-refractivity contribution in [2.75, 3.05) is 127 Å². The first-order chi connectivity index (χ1) is 38.2. The van der Waals surface area contributed by atoms with E-state index >= 15 is 0 Å². The first-order valence-corrected chi connectivity index (χ1v) is 26.7. The number of carboxylic acids is 7. The molecule has 12 N–H and O–H groups in total. The van der Waals surface area contributed by atoms with Gasteiger partial charge in [-0.25, -0.2) is 14.4 Å². The van der Waals surface area contributed by atoms with E-state index in [0.29, 0.717) is 89.1 Å². The van der Waals surface area contributed by atoms with Gasteiger partial charge in [-0.15, -0.1) is 0 Å². The van der Waals surface area contributed by atoms with Crippen LogP contribution in [0, 0.1) is 36.9 Å². The number of amides is 3. The van der Waals surface area contributed by atoms with Gasteiger partial charge < -0.3 is 72.0 Å². The van der Waals surface area contributed by atoms with Gasteiger partial charge in [0.25, 0.3) is 0 Å². The number of anilines is 4. The summed E-state index contributed by atoms with van der Waals surface area (Å²) in [5, 5.41) is 80.2. The van der Waals surface area contributed by atoms with Gasteiger partial charge in [0, 0.05) is 96.6 Å². The molecule has 2 fully saturated rings. The molecule has 1 aromatic heterocycles. The number of carbonyl (C=O) groups is 9. The molecule has 3 atom stereocenters. The predicted octanol–water partition coefficient (Wildman–Crippen LogP) is 0.0323. The van der Waals surface area contributed by atoms with Gasteiger partial charge in [-0.05, 0) is 62.6 Å². The predicted molar refractivity (Wildman–Crippen MR) is 286 cm³/mol. The summed E-state index contributed by atoms with van der Waals surface area (Å²) >= 11 is 0. The van der Waals surface area contributed by atoms with Gasteiger partial charge in [-0.2, -0.15) is 15.0 Å². The van der Waals surface area contributed by atoms with Gasteiger partial charge in [0.15, 0.2) is 0 Å². The third kappa shape index (κ3) is 28.8. The van der Waals surface area contributed by atoms with E-state index in [9.17, 15) is 73.8 Å². The average molecular weight is 1310 g/mol. The molecule has 0 saturated carbocycles. The molecule has 0 spiro atoms. The average Bonchev–Trinajstić information content (AvgIpc) is 3.41. The zero-order chi connectivity index (χ0) is 58.4. The van der Waals surface area contributed by atoms with E-state index in [1.165, 1.54) is 0 Å². The summed E-state index contributed by atoms with van der Waals surface area (Å²) in [5.41, 5.74) is 1.44. The molecule has 2 aliphatic heterocycles. The second-order valence-electron chi connectivity index (χ2n) is 19.5. The molecule has 3 heterocycles. The van der Waals surface area contributed by atoms with Crippen molar-refractivity contribution in [2.45, 2.75) is 95.2 Å². The number of carbonyl (C=O) groups excluding carboxylic acids is 2. The van der Waals surface area contributed by atoms with Crippen molar-refractivity contribution in [1.29, 1.82) is 0 Å². The topological polar surface area (TPSA) is 419 Å². The molecule has 3 amide bonds. The number of unbranched alkanes of at least 4 members (excludes halogenated alkanes) is 5. The van der Waals surface area contributed by atoms with E-state index in [1.807, 2.05) is 29.2 Å². The van der Waals surface area contributed by atoms with E-state index < -0.39 is 72.4 Å². The monoisotopic (exact) mass is 1310 g/mol. The number of carboxylic acid groups (broad SMARTS) is 7. The number of benzene rings is 1. The Bertz CT molecular complexity index is 2350. The number of ether oxygens (including phenoxy) is 1. The fourth-order valence-corrected chi connectivity index (χ4v) is 8.96. The van der Waals surface area contributed by atoms with Gasteiger partial charge in [0.05, 0.1) is 39.4 Å². The fraction of sp³-hybridized carbons (Fsp3) is 0.640. The zero-order valence-corrected chi connectivity index (χ0v) is 46.8. The van der Waals surface area contributed by atoms with Crippen molar-refractivity contribution in [1.82, 2.24) is 50.5 Å². The number of urea groups is 1. The number of hydrogen-bond donors (Lipinski definition) is 12. The molecule has 4 rings (SSSR count). The van der Waals surface area contributed by atoms with Crippen LogP contribution in [0.15, 0.2) is 24.3 Å². The molecular formula is C50H77LuN13O17+3. The summed E-state index contributed by atoms with van der Waals surface area (Å²) in [5.74, 6) is -7.47. The number of rotatable bonds is 34. The van der Waals surface area contributed by atoms with E-state index in [1.54, 1.807) is 19.6 Å². The summed E-state index contributed by atoms with van der Waals surface area (Å²) in [6.45, 7) is 2.79. The van der Waals surface area contributed by atoms with Gasteiger partial charge in [0.2, 0.25) is 23.8 Å². The largest absolute Gasteiger partial charge is 3.00 e. The van der Waals surface area contributed by atoms with Crippen LogP contribution < -0.4 is 31.5 Å². The Morgan fingerprint density at radius 2 is 1.09 bits per heavy atom. The van der Waals surface area contributed by atoms with Gasteiger partial charge >= 0.3 is 84.7 Å². The summed E-state index contributed by atoms with van der Waals surface area (Å²) in [6, 6.07) is 2.92. The minimum Gasteiger partial charge on any atom is -0.481 e. The van der Waals surface area contributed by atoms with Crippen LogP contribution in [0.25, 0.3) is 0 Å². The van der Waals surface area contributed by atoms with Crippen LogP contribution in [-0.2, 0) is 49.5 Å². The Morgan fingerprint density at radius 3 is 1.68 bits per heavy atom. The van der Waals surface area contributed by atoms with Crippen LogP contribution in [0.5, 0.6) is 0 Å². The molecule has 2 aliphatic rings. The maximum absolute atomic E-state index is 12.4. The van der Waals surface area contributed by atoms with Gasteiger partial charge in [0.1, 0.15) is 12.1 Å². The van der Waals surface area contributed by atoms with E-state index in [2.05, 4.69) is 36.6 Å².